The number of nitrogens with zero attached hydrogens (tertiary/aromatic N) is 4. The van der Waals surface area contributed by atoms with E-state index in [-0.39, 0.29) is 0 Å². The van der Waals surface area contributed by atoms with Gasteiger partial charge in [0.15, 0.2) is 0 Å². The molecule has 6 nitrogen and oxygen atoms in total. The summed E-state index contributed by atoms with van der Waals surface area (Å²) < 4.78 is 4.37. The van der Waals surface area contributed by atoms with Crippen LogP contribution in [-0.4, -0.2) is 80.6 Å². The number of rotatable bonds is 8. The van der Waals surface area contributed by atoms with E-state index in [2.05, 4.69) is 31.1 Å². The molecule has 0 spiro atoms. The summed E-state index contributed by atoms with van der Waals surface area (Å²) in [6, 6.07) is 25.9. The monoisotopic (exact) mass is 634 g/mol. The molecule has 2 atom stereocenters. The van der Waals surface area contributed by atoms with E-state index in [9.17, 15) is 10.2 Å². The lowest BCUT2D eigenvalue weighted by Crippen LogP contribution is -2.50. The number of hydrogen-bond donors (Lipinski definition) is 2. The van der Waals surface area contributed by atoms with E-state index in [4.69, 9.17) is 34.8 Å². The largest absolute Gasteiger partial charge is 0.390 e. The summed E-state index contributed by atoms with van der Waals surface area (Å²) in [5, 5.41) is 28.7. The van der Waals surface area contributed by atoms with Crippen LogP contribution < -0.4 is 0 Å². The molecule has 1 saturated heterocycles. The number of fused-ring (bicyclic) bond motifs is 6. The fourth-order valence-electron chi connectivity index (χ4n) is 6.76. The van der Waals surface area contributed by atoms with Crippen LogP contribution in [0.1, 0.15) is 0 Å². The number of hydrogen-bond acceptors (Lipinski definition) is 4. The van der Waals surface area contributed by atoms with Gasteiger partial charge in [0.1, 0.15) is 0 Å². The lowest BCUT2D eigenvalue weighted by atomic mass is 10.1. The number of aromatic nitrogens is 2. The maximum absolute atomic E-state index is 11.2. The third-order valence-corrected chi connectivity index (χ3v) is 9.42. The Morgan fingerprint density at radius 1 is 0.488 bits per heavy atom. The van der Waals surface area contributed by atoms with Crippen LogP contribution in [-0.2, 0) is 13.1 Å². The fraction of sp³-hybridized carbons (Fsp3) is 0.294. The first-order chi connectivity index (χ1) is 20.8. The summed E-state index contributed by atoms with van der Waals surface area (Å²) in [6.45, 7) is 5.56. The number of piperazine rings is 1. The van der Waals surface area contributed by atoms with Crippen LogP contribution in [0.5, 0.6) is 0 Å². The van der Waals surface area contributed by atoms with Crippen molar-refractivity contribution in [1.82, 2.24) is 18.9 Å². The zero-order valence-corrected chi connectivity index (χ0v) is 25.9. The minimum absolute atomic E-state index is 0.478. The average molecular weight is 636 g/mol. The van der Waals surface area contributed by atoms with Gasteiger partial charge in [-0.25, -0.2) is 0 Å². The Bertz CT molecular complexity index is 1880. The molecular formula is C34H33Cl3N4O2. The van der Waals surface area contributed by atoms with Gasteiger partial charge in [0, 0.05) is 97.9 Å². The van der Waals surface area contributed by atoms with Crippen LogP contribution in [0, 0.1) is 0 Å². The first-order valence-corrected chi connectivity index (χ1v) is 15.8. The van der Waals surface area contributed by atoms with Crippen molar-refractivity contribution >= 4 is 78.4 Å². The Balaban J connectivity index is 0.978. The summed E-state index contributed by atoms with van der Waals surface area (Å²) in [6.07, 6.45) is -1.05. The fourth-order valence-corrected chi connectivity index (χ4v) is 7.27. The van der Waals surface area contributed by atoms with E-state index in [0.717, 1.165) is 69.8 Å². The first-order valence-electron chi connectivity index (χ1n) is 14.7. The van der Waals surface area contributed by atoms with Gasteiger partial charge in [-0.2, -0.15) is 0 Å². The normalized spacial score (nSPS) is 16.6. The highest BCUT2D eigenvalue weighted by Gasteiger charge is 2.23. The van der Waals surface area contributed by atoms with Gasteiger partial charge in [-0.3, -0.25) is 9.80 Å². The van der Waals surface area contributed by atoms with E-state index >= 15 is 0 Å². The molecule has 1 aliphatic heterocycles. The van der Waals surface area contributed by atoms with Gasteiger partial charge >= 0.3 is 0 Å². The Morgan fingerprint density at radius 2 is 0.860 bits per heavy atom. The molecule has 2 N–H and O–H groups in total. The quantitative estimate of drug-likeness (QED) is 0.191. The van der Waals surface area contributed by atoms with Crippen LogP contribution in [0.2, 0.25) is 15.1 Å². The number of para-hydroxylation sites is 1. The second kappa shape index (κ2) is 11.9. The summed E-state index contributed by atoms with van der Waals surface area (Å²) >= 11 is 18.9. The van der Waals surface area contributed by atoms with Crippen molar-refractivity contribution in [1.29, 1.82) is 0 Å². The lowest BCUT2D eigenvalue weighted by molar-refractivity contribution is 0.0415. The lowest BCUT2D eigenvalue weighted by Gasteiger charge is -2.36. The zero-order valence-electron chi connectivity index (χ0n) is 23.6. The summed E-state index contributed by atoms with van der Waals surface area (Å²) in [5.41, 5.74) is 4.25. The molecule has 7 rings (SSSR count). The molecule has 222 valence electrons. The molecule has 2 aromatic heterocycles. The van der Waals surface area contributed by atoms with Gasteiger partial charge in [-0.15, -0.1) is 0 Å². The van der Waals surface area contributed by atoms with Gasteiger partial charge in [0.05, 0.1) is 25.3 Å². The van der Waals surface area contributed by atoms with Crippen molar-refractivity contribution in [2.24, 2.45) is 0 Å². The second-order valence-corrected chi connectivity index (χ2v) is 12.9. The maximum atomic E-state index is 11.2. The van der Waals surface area contributed by atoms with Crippen molar-refractivity contribution in [3.8, 4) is 0 Å². The number of aliphatic hydroxyl groups is 2. The first kappa shape index (κ1) is 28.9. The Morgan fingerprint density at radius 3 is 1.30 bits per heavy atom. The van der Waals surface area contributed by atoms with Crippen molar-refractivity contribution in [2.45, 2.75) is 25.3 Å². The van der Waals surface area contributed by atoms with E-state index in [1.54, 1.807) is 0 Å². The van der Waals surface area contributed by atoms with Crippen LogP contribution in [0.25, 0.3) is 43.6 Å². The minimum Gasteiger partial charge on any atom is -0.390 e. The Hall–Kier alpha value is -2.81. The molecular weight excluding hydrogens is 603 g/mol. The van der Waals surface area contributed by atoms with E-state index < -0.39 is 12.2 Å². The number of benzene rings is 4. The highest BCUT2D eigenvalue weighted by atomic mass is 35.5. The Kier molecular flexibility index (Phi) is 8.03. The van der Waals surface area contributed by atoms with E-state index in [1.807, 2.05) is 66.7 Å². The molecule has 1 aliphatic rings. The summed E-state index contributed by atoms with van der Waals surface area (Å²) in [4.78, 5) is 4.63. The van der Waals surface area contributed by atoms with Crippen LogP contribution in [0.3, 0.4) is 0 Å². The Labute approximate surface area is 265 Å². The van der Waals surface area contributed by atoms with E-state index in [1.165, 1.54) is 0 Å². The second-order valence-electron chi connectivity index (χ2n) is 11.6. The van der Waals surface area contributed by atoms with Crippen molar-refractivity contribution in [2.75, 3.05) is 39.3 Å². The molecule has 3 heterocycles. The number of β-amino-alcohol motifs (C(OH)–C–C–N with tert-alkyl or cyclic N) is 2. The molecule has 6 aromatic rings. The van der Waals surface area contributed by atoms with Crippen LogP contribution in [0.4, 0.5) is 0 Å². The zero-order chi connectivity index (χ0) is 29.7. The van der Waals surface area contributed by atoms with Crippen molar-refractivity contribution < 1.29 is 10.2 Å². The molecule has 0 amide bonds. The average Bonchev–Trinajstić information content (AvgIpc) is 3.45. The van der Waals surface area contributed by atoms with Crippen molar-refractivity contribution in [3.05, 3.63) is 93.9 Å². The highest BCUT2D eigenvalue weighted by Crippen LogP contribution is 2.34. The van der Waals surface area contributed by atoms with Crippen molar-refractivity contribution in [3.63, 3.8) is 0 Å². The van der Waals surface area contributed by atoms with Gasteiger partial charge in [0.2, 0.25) is 0 Å². The predicted octanol–water partition coefficient (Wildman–Crippen LogP) is 6.90. The molecule has 0 aliphatic carbocycles. The van der Waals surface area contributed by atoms with Gasteiger partial charge in [0.25, 0.3) is 0 Å². The van der Waals surface area contributed by atoms with Gasteiger partial charge < -0.3 is 19.3 Å². The van der Waals surface area contributed by atoms with E-state index in [0.29, 0.717) is 41.2 Å². The molecule has 0 unspecified atom stereocenters. The van der Waals surface area contributed by atoms with Crippen LogP contribution >= 0.6 is 34.8 Å². The summed E-state index contributed by atoms with van der Waals surface area (Å²) in [7, 11) is 0. The highest BCUT2D eigenvalue weighted by molar-refractivity contribution is 6.33. The number of aliphatic hydroxyl groups excluding tert-OH is 2. The third-order valence-electron chi connectivity index (χ3n) is 8.71. The van der Waals surface area contributed by atoms with Gasteiger partial charge in [-0.1, -0.05) is 53.0 Å². The topological polar surface area (TPSA) is 56.8 Å². The maximum Gasteiger partial charge on any atom is 0.0845 e. The molecule has 43 heavy (non-hydrogen) atoms. The number of halogens is 3. The third kappa shape index (κ3) is 5.74. The SMILES string of the molecule is O[C@H](CN1CCN(C[C@H](O)Cn2c3ccccc3c3cc(Cl)ccc32)CC1)Cn1c2ccc(Cl)cc2c2cc(Cl)ccc21. The molecule has 0 radical (unpaired) electrons. The predicted molar refractivity (Wildman–Crippen MR) is 179 cm³/mol. The summed E-state index contributed by atoms with van der Waals surface area (Å²) in [5.74, 6) is 0. The smallest absolute Gasteiger partial charge is 0.0845 e. The molecule has 9 heteroatoms. The van der Waals surface area contributed by atoms with Crippen LogP contribution in [0.15, 0.2) is 78.9 Å². The molecule has 1 fully saturated rings. The van der Waals surface area contributed by atoms with Gasteiger partial charge in [-0.05, 0) is 60.7 Å². The molecule has 4 aromatic carbocycles. The standard InChI is InChI=1S/C34H33Cl3N4O2/c35-22-5-8-32-28(15-22)27-3-1-2-4-31(27)40(32)20-25(42)18-38-11-13-39(14-12-38)19-26(43)21-41-33-9-6-23(36)16-29(33)30-17-24(37)7-10-34(30)41/h1-10,15-17,25-26,42-43H,11-14,18-21H2/t25-,26+/m0/s1. The molecule has 0 saturated carbocycles. The minimum atomic E-state index is -0.536. The molecule has 0 bridgehead atoms.